The standard InChI is InChI=1S/C16H24N2O2S/c1-13(2)14-4-3-5-15(12-14)17-8-10-18(11-9-17)21(19,20)16-6-7-16/h3-5,12-13,16H,6-11H2,1-2H3. The number of nitrogens with zero attached hydrogens (tertiary/aromatic N) is 2. The van der Waals surface area contributed by atoms with Crippen molar-refractivity contribution in [3.8, 4) is 0 Å². The Morgan fingerprint density at radius 2 is 1.76 bits per heavy atom. The lowest BCUT2D eigenvalue weighted by Gasteiger charge is -2.35. The summed E-state index contributed by atoms with van der Waals surface area (Å²) in [6.07, 6.45) is 1.69. The summed E-state index contributed by atoms with van der Waals surface area (Å²) in [6, 6.07) is 8.60. The van der Waals surface area contributed by atoms with Crippen molar-refractivity contribution in [2.45, 2.75) is 37.9 Å². The Hall–Kier alpha value is -1.07. The highest BCUT2D eigenvalue weighted by Gasteiger charge is 2.40. The van der Waals surface area contributed by atoms with Crippen molar-refractivity contribution in [2.75, 3.05) is 31.1 Å². The molecule has 2 aliphatic rings. The van der Waals surface area contributed by atoms with Gasteiger partial charge in [-0.25, -0.2) is 8.42 Å². The highest BCUT2D eigenvalue weighted by atomic mass is 32.2. The summed E-state index contributed by atoms with van der Waals surface area (Å²) >= 11 is 0. The summed E-state index contributed by atoms with van der Waals surface area (Å²) in [6.45, 7) is 7.19. The molecule has 4 nitrogen and oxygen atoms in total. The molecule has 1 aromatic carbocycles. The smallest absolute Gasteiger partial charge is 0.217 e. The van der Waals surface area contributed by atoms with E-state index in [2.05, 4.69) is 43.0 Å². The van der Waals surface area contributed by atoms with Crippen LogP contribution in [0.4, 0.5) is 5.69 Å². The highest BCUT2D eigenvalue weighted by molar-refractivity contribution is 7.90. The van der Waals surface area contributed by atoms with E-state index in [4.69, 9.17) is 0 Å². The van der Waals surface area contributed by atoms with E-state index in [1.807, 2.05) is 0 Å². The van der Waals surface area contributed by atoms with Crippen molar-refractivity contribution in [1.82, 2.24) is 4.31 Å². The van der Waals surface area contributed by atoms with Gasteiger partial charge in [0.25, 0.3) is 0 Å². The number of piperazine rings is 1. The molecule has 3 rings (SSSR count). The number of hydrogen-bond donors (Lipinski definition) is 0. The first-order chi connectivity index (χ1) is 9.98. The van der Waals surface area contributed by atoms with Crippen LogP contribution in [0.25, 0.3) is 0 Å². The fourth-order valence-corrected chi connectivity index (χ4v) is 4.68. The second-order valence-electron chi connectivity index (χ2n) is 6.38. The van der Waals surface area contributed by atoms with Crippen LogP contribution in [0.3, 0.4) is 0 Å². The van der Waals surface area contributed by atoms with Gasteiger partial charge in [0.15, 0.2) is 0 Å². The second-order valence-corrected chi connectivity index (χ2v) is 8.59. The quantitative estimate of drug-likeness (QED) is 0.858. The van der Waals surface area contributed by atoms with E-state index in [9.17, 15) is 8.42 Å². The average Bonchev–Trinajstić information content (AvgIpc) is 3.32. The fourth-order valence-electron chi connectivity index (χ4n) is 2.86. The minimum absolute atomic E-state index is 0.0895. The number of anilines is 1. The monoisotopic (exact) mass is 308 g/mol. The first-order valence-electron chi connectivity index (χ1n) is 7.82. The van der Waals surface area contributed by atoms with Gasteiger partial charge < -0.3 is 4.90 Å². The van der Waals surface area contributed by atoms with Crippen molar-refractivity contribution in [2.24, 2.45) is 0 Å². The van der Waals surface area contributed by atoms with Crippen LogP contribution in [0, 0.1) is 0 Å². The van der Waals surface area contributed by atoms with E-state index in [0.717, 1.165) is 25.9 Å². The van der Waals surface area contributed by atoms with Crippen molar-refractivity contribution >= 4 is 15.7 Å². The molecule has 1 aliphatic heterocycles. The molecule has 0 radical (unpaired) electrons. The number of hydrogen-bond acceptors (Lipinski definition) is 3. The first-order valence-corrected chi connectivity index (χ1v) is 9.32. The highest BCUT2D eigenvalue weighted by Crippen LogP contribution is 2.32. The summed E-state index contributed by atoms with van der Waals surface area (Å²) < 4.78 is 26.2. The van der Waals surface area contributed by atoms with E-state index in [1.165, 1.54) is 11.3 Å². The summed E-state index contributed by atoms with van der Waals surface area (Å²) in [5, 5.41) is -0.0895. The molecule has 1 aromatic rings. The Kier molecular flexibility index (Phi) is 3.97. The van der Waals surface area contributed by atoms with E-state index < -0.39 is 10.0 Å². The Morgan fingerprint density at radius 1 is 1.10 bits per heavy atom. The third kappa shape index (κ3) is 3.09. The SMILES string of the molecule is CC(C)c1cccc(N2CCN(S(=O)(=O)C3CC3)CC2)c1. The summed E-state index contributed by atoms with van der Waals surface area (Å²) in [7, 11) is -3.01. The number of benzene rings is 1. The van der Waals surface area contributed by atoms with Gasteiger partial charge in [0, 0.05) is 31.9 Å². The zero-order chi connectivity index (χ0) is 15.0. The minimum Gasteiger partial charge on any atom is -0.369 e. The molecule has 116 valence electrons. The number of sulfonamides is 1. The van der Waals surface area contributed by atoms with Crippen LogP contribution >= 0.6 is 0 Å². The van der Waals surface area contributed by atoms with E-state index in [1.54, 1.807) is 4.31 Å². The molecule has 21 heavy (non-hydrogen) atoms. The Bertz CT molecular complexity index is 600. The molecule has 0 amide bonds. The average molecular weight is 308 g/mol. The van der Waals surface area contributed by atoms with Gasteiger partial charge >= 0.3 is 0 Å². The van der Waals surface area contributed by atoms with Crippen LogP contribution in [0.15, 0.2) is 24.3 Å². The van der Waals surface area contributed by atoms with Crippen LogP contribution in [-0.2, 0) is 10.0 Å². The predicted molar refractivity (Wildman–Crippen MR) is 86.3 cm³/mol. The number of rotatable bonds is 4. The van der Waals surface area contributed by atoms with Crippen molar-refractivity contribution < 1.29 is 8.42 Å². The minimum atomic E-state index is -3.01. The molecule has 1 heterocycles. The van der Waals surface area contributed by atoms with E-state index in [0.29, 0.717) is 19.0 Å². The van der Waals surface area contributed by atoms with Crippen LogP contribution in [0.2, 0.25) is 0 Å². The maximum absolute atomic E-state index is 12.2. The van der Waals surface area contributed by atoms with E-state index in [-0.39, 0.29) is 5.25 Å². The molecular formula is C16H24N2O2S. The predicted octanol–water partition coefficient (Wildman–Crippen LogP) is 2.42. The lowest BCUT2D eigenvalue weighted by molar-refractivity contribution is 0.384. The van der Waals surface area contributed by atoms with Crippen molar-refractivity contribution in [3.05, 3.63) is 29.8 Å². The van der Waals surface area contributed by atoms with Gasteiger partial charge in [-0.05, 0) is 36.5 Å². The Morgan fingerprint density at radius 3 is 2.33 bits per heavy atom. The van der Waals surface area contributed by atoms with Gasteiger partial charge in [0.2, 0.25) is 10.0 Å². The lowest BCUT2D eigenvalue weighted by atomic mass is 10.0. The first kappa shape index (κ1) is 14.9. The lowest BCUT2D eigenvalue weighted by Crippen LogP contribution is -2.49. The summed E-state index contributed by atoms with van der Waals surface area (Å²) in [5.74, 6) is 0.515. The molecule has 1 aliphatic carbocycles. The van der Waals surface area contributed by atoms with Crippen LogP contribution in [0.5, 0.6) is 0 Å². The third-order valence-electron chi connectivity index (χ3n) is 4.45. The molecule has 0 unspecified atom stereocenters. The molecule has 5 heteroatoms. The van der Waals surface area contributed by atoms with Crippen molar-refractivity contribution in [3.63, 3.8) is 0 Å². The molecule has 0 bridgehead atoms. The topological polar surface area (TPSA) is 40.6 Å². The van der Waals surface area contributed by atoms with Crippen LogP contribution in [-0.4, -0.2) is 44.2 Å². The molecule has 1 saturated heterocycles. The fraction of sp³-hybridized carbons (Fsp3) is 0.625. The van der Waals surface area contributed by atoms with Gasteiger partial charge in [-0.2, -0.15) is 4.31 Å². The largest absolute Gasteiger partial charge is 0.369 e. The van der Waals surface area contributed by atoms with Crippen LogP contribution in [0.1, 0.15) is 38.2 Å². The normalized spacial score (nSPS) is 21.0. The Labute approximate surface area is 127 Å². The molecule has 2 fully saturated rings. The maximum atomic E-state index is 12.2. The van der Waals surface area contributed by atoms with Gasteiger partial charge in [-0.15, -0.1) is 0 Å². The molecule has 1 saturated carbocycles. The van der Waals surface area contributed by atoms with Gasteiger partial charge in [0.1, 0.15) is 0 Å². The van der Waals surface area contributed by atoms with Gasteiger partial charge in [-0.1, -0.05) is 26.0 Å². The zero-order valence-electron chi connectivity index (χ0n) is 12.8. The summed E-state index contributed by atoms with van der Waals surface area (Å²) in [4.78, 5) is 2.30. The maximum Gasteiger partial charge on any atom is 0.217 e. The molecule has 0 spiro atoms. The van der Waals surface area contributed by atoms with Crippen LogP contribution < -0.4 is 4.90 Å². The van der Waals surface area contributed by atoms with Gasteiger partial charge in [0.05, 0.1) is 5.25 Å². The molecule has 0 atom stereocenters. The van der Waals surface area contributed by atoms with E-state index >= 15 is 0 Å². The summed E-state index contributed by atoms with van der Waals surface area (Å²) in [5.41, 5.74) is 2.55. The molecule has 0 N–H and O–H groups in total. The molecule has 0 aromatic heterocycles. The second kappa shape index (κ2) is 5.61. The van der Waals surface area contributed by atoms with Crippen molar-refractivity contribution in [1.29, 1.82) is 0 Å². The molecular weight excluding hydrogens is 284 g/mol. The third-order valence-corrected chi connectivity index (χ3v) is 6.84. The Balaban J connectivity index is 1.67. The zero-order valence-corrected chi connectivity index (χ0v) is 13.6. The van der Waals surface area contributed by atoms with Gasteiger partial charge in [-0.3, -0.25) is 0 Å².